The van der Waals surface area contributed by atoms with Crippen molar-refractivity contribution in [3.05, 3.63) is 89.9 Å². The van der Waals surface area contributed by atoms with Gasteiger partial charge in [-0.15, -0.1) is 0 Å². The van der Waals surface area contributed by atoms with E-state index >= 15 is 0 Å². The summed E-state index contributed by atoms with van der Waals surface area (Å²) in [6, 6.07) is 17.8. The zero-order valence-electron chi connectivity index (χ0n) is 23.8. The van der Waals surface area contributed by atoms with E-state index in [1.54, 1.807) is 94.4 Å². The van der Waals surface area contributed by atoms with Crippen molar-refractivity contribution in [1.82, 2.24) is 15.3 Å². The SMILES string of the molecule is CCOC(=O)c1cc2cc(NC(=O)[C@H](Cc3ccc(NC(=O)c4ccccn4)cc3)NC(=O)OC(C)(C)C)ccc2[nH]1. The van der Waals surface area contributed by atoms with Gasteiger partial charge < -0.3 is 30.4 Å². The van der Waals surface area contributed by atoms with Crippen LogP contribution in [0.5, 0.6) is 0 Å². The van der Waals surface area contributed by atoms with E-state index in [4.69, 9.17) is 9.47 Å². The molecule has 218 valence electrons. The summed E-state index contributed by atoms with van der Waals surface area (Å²) in [5.41, 5.74) is 2.31. The monoisotopic (exact) mass is 571 g/mol. The van der Waals surface area contributed by atoms with Crippen LogP contribution in [0.2, 0.25) is 0 Å². The van der Waals surface area contributed by atoms with Crippen LogP contribution in [-0.2, 0) is 20.7 Å². The van der Waals surface area contributed by atoms with Gasteiger partial charge in [0.15, 0.2) is 0 Å². The number of H-pyrrole nitrogens is 1. The highest BCUT2D eigenvalue weighted by atomic mass is 16.6. The predicted octanol–water partition coefficient (Wildman–Crippen LogP) is 5.07. The number of fused-ring (bicyclic) bond motifs is 1. The molecule has 4 rings (SSSR count). The molecule has 0 fully saturated rings. The number of nitrogens with one attached hydrogen (secondary N) is 4. The molecule has 0 saturated heterocycles. The van der Waals surface area contributed by atoms with Gasteiger partial charge in [-0.05, 0) is 81.8 Å². The molecule has 0 bridgehead atoms. The minimum atomic E-state index is -0.981. The van der Waals surface area contributed by atoms with E-state index in [-0.39, 0.29) is 24.6 Å². The van der Waals surface area contributed by atoms with Crippen molar-refractivity contribution in [1.29, 1.82) is 0 Å². The van der Waals surface area contributed by atoms with Crippen LogP contribution < -0.4 is 16.0 Å². The van der Waals surface area contributed by atoms with Gasteiger partial charge in [0.25, 0.3) is 5.91 Å². The molecule has 4 aromatic rings. The van der Waals surface area contributed by atoms with Crippen LogP contribution in [-0.4, -0.2) is 52.1 Å². The van der Waals surface area contributed by atoms with Crippen molar-refractivity contribution in [2.75, 3.05) is 17.2 Å². The Hall–Kier alpha value is -5.19. The summed E-state index contributed by atoms with van der Waals surface area (Å²) in [6.45, 7) is 7.18. The van der Waals surface area contributed by atoms with Gasteiger partial charge in [-0.25, -0.2) is 9.59 Å². The van der Waals surface area contributed by atoms with E-state index in [0.717, 1.165) is 5.56 Å². The number of pyridine rings is 1. The fraction of sp³-hybridized carbons (Fsp3) is 0.258. The molecule has 0 saturated carbocycles. The number of ether oxygens (including phenoxy) is 2. The Kier molecular flexibility index (Phi) is 9.21. The molecule has 2 heterocycles. The Balaban J connectivity index is 1.48. The molecular formula is C31H33N5O6. The van der Waals surface area contributed by atoms with Crippen molar-refractivity contribution >= 4 is 46.2 Å². The molecule has 4 N–H and O–H groups in total. The second kappa shape index (κ2) is 13.0. The Morgan fingerprint density at radius 1 is 0.929 bits per heavy atom. The summed E-state index contributed by atoms with van der Waals surface area (Å²) in [7, 11) is 0. The molecule has 0 spiro atoms. The minimum Gasteiger partial charge on any atom is -0.461 e. The molecule has 0 aliphatic heterocycles. The third-order valence-electron chi connectivity index (χ3n) is 5.94. The van der Waals surface area contributed by atoms with Crippen molar-refractivity contribution in [2.45, 2.75) is 45.8 Å². The van der Waals surface area contributed by atoms with Gasteiger partial charge >= 0.3 is 12.1 Å². The first-order valence-electron chi connectivity index (χ1n) is 13.4. The van der Waals surface area contributed by atoms with E-state index in [1.165, 1.54) is 6.20 Å². The van der Waals surface area contributed by atoms with Gasteiger partial charge in [0.1, 0.15) is 23.0 Å². The lowest BCUT2D eigenvalue weighted by atomic mass is 10.0. The normalized spacial score (nSPS) is 11.8. The largest absolute Gasteiger partial charge is 0.461 e. The smallest absolute Gasteiger partial charge is 0.408 e. The third kappa shape index (κ3) is 8.17. The maximum absolute atomic E-state index is 13.4. The number of hydrogen-bond acceptors (Lipinski definition) is 7. The number of benzene rings is 2. The molecular weight excluding hydrogens is 538 g/mol. The molecule has 42 heavy (non-hydrogen) atoms. The van der Waals surface area contributed by atoms with Gasteiger partial charge in [-0.2, -0.15) is 0 Å². The Bertz CT molecular complexity index is 1580. The molecule has 0 aliphatic rings. The Morgan fingerprint density at radius 3 is 2.33 bits per heavy atom. The standard InChI is InChI=1S/C31H33N5O6/c1-5-41-29(39)26-18-20-17-22(13-14-23(20)35-26)34-28(38)25(36-30(40)42-31(2,3)4)16-19-9-11-21(12-10-19)33-27(37)24-8-6-7-15-32-24/h6-15,17-18,25,35H,5,16H2,1-4H3,(H,33,37)(H,34,38)(H,36,40)/t25-/m0/s1. The lowest BCUT2D eigenvalue weighted by molar-refractivity contribution is -0.118. The van der Waals surface area contributed by atoms with Crippen molar-refractivity contribution in [3.8, 4) is 0 Å². The van der Waals surface area contributed by atoms with Crippen molar-refractivity contribution in [2.24, 2.45) is 0 Å². The maximum atomic E-state index is 13.4. The van der Waals surface area contributed by atoms with Crippen LogP contribution in [0.3, 0.4) is 0 Å². The number of esters is 1. The lowest BCUT2D eigenvalue weighted by Gasteiger charge is -2.23. The van der Waals surface area contributed by atoms with Crippen LogP contribution in [0, 0.1) is 0 Å². The maximum Gasteiger partial charge on any atom is 0.408 e. The molecule has 3 amide bonds. The molecule has 0 unspecified atom stereocenters. The van der Waals surface area contributed by atoms with E-state index in [9.17, 15) is 19.2 Å². The zero-order valence-corrected chi connectivity index (χ0v) is 23.8. The summed E-state index contributed by atoms with van der Waals surface area (Å²) in [4.78, 5) is 57.5. The van der Waals surface area contributed by atoms with Crippen LogP contribution in [0.15, 0.2) is 72.9 Å². The van der Waals surface area contributed by atoms with Gasteiger partial charge in [-0.3, -0.25) is 14.6 Å². The molecule has 11 heteroatoms. The Labute approximate surface area is 243 Å². The topological polar surface area (TPSA) is 152 Å². The number of aromatic nitrogens is 2. The van der Waals surface area contributed by atoms with E-state index in [0.29, 0.717) is 28.0 Å². The number of amides is 3. The van der Waals surface area contributed by atoms with Gasteiger partial charge in [0.05, 0.1) is 6.61 Å². The summed E-state index contributed by atoms with van der Waals surface area (Å²) in [6.07, 6.45) is 0.957. The fourth-order valence-electron chi connectivity index (χ4n) is 4.07. The molecule has 1 atom stereocenters. The average Bonchev–Trinajstić information content (AvgIpc) is 3.37. The van der Waals surface area contributed by atoms with E-state index < -0.39 is 29.6 Å². The molecule has 0 aliphatic carbocycles. The first kappa shape index (κ1) is 29.8. The fourth-order valence-corrected chi connectivity index (χ4v) is 4.07. The van der Waals surface area contributed by atoms with Crippen molar-refractivity contribution < 1.29 is 28.7 Å². The highest BCUT2D eigenvalue weighted by Gasteiger charge is 2.25. The quantitative estimate of drug-likeness (QED) is 0.205. The van der Waals surface area contributed by atoms with E-state index in [2.05, 4.69) is 25.9 Å². The lowest BCUT2D eigenvalue weighted by Crippen LogP contribution is -2.47. The molecule has 2 aromatic carbocycles. The number of carbonyl (C=O) groups excluding carboxylic acids is 4. The molecule has 2 aromatic heterocycles. The molecule has 0 radical (unpaired) electrons. The number of carbonyl (C=O) groups is 4. The Morgan fingerprint density at radius 2 is 1.67 bits per heavy atom. The summed E-state index contributed by atoms with van der Waals surface area (Å²) in [5.74, 6) is -1.28. The second-order valence-corrected chi connectivity index (χ2v) is 10.5. The predicted molar refractivity (Wildman–Crippen MR) is 158 cm³/mol. The highest BCUT2D eigenvalue weighted by molar-refractivity contribution is 6.03. The average molecular weight is 572 g/mol. The number of anilines is 2. The second-order valence-electron chi connectivity index (χ2n) is 10.5. The van der Waals surface area contributed by atoms with Crippen LogP contribution in [0.1, 0.15) is 54.2 Å². The number of nitrogens with zero attached hydrogens (tertiary/aromatic N) is 1. The number of aromatic amines is 1. The summed E-state index contributed by atoms with van der Waals surface area (Å²) < 4.78 is 10.4. The van der Waals surface area contributed by atoms with Gasteiger partial charge in [0.2, 0.25) is 5.91 Å². The van der Waals surface area contributed by atoms with Crippen LogP contribution >= 0.6 is 0 Å². The highest BCUT2D eigenvalue weighted by Crippen LogP contribution is 2.21. The van der Waals surface area contributed by atoms with Crippen LogP contribution in [0.25, 0.3) is 10.9 Å². The summed E-state index contributed by atoms with van der Waals surface area (Å²) in [5, 5.41) is 8.99. The van der Waals surface area contributed by atoms with Crippen LogP contribution in [0.4, 0.5) is 16.2 Å². The van der Waals surface area contributed by atoms with Gasteiger partial charge in [0, 0.05) is 34.9 Å². The third-order valence-corrected chi connectivity index (χ3v) is 5.94. The summed E-state index contributed by atoms with van der Waals surface area (Å²) >= 11 is 0. The first-order valence-corrected chi connectivity index (χ1v) is 13.4. The molecule has 11 nitrogen and oxygen atoms in total. The van der Waals surface area contributed by atoms with Gasteiger partial charge in [-0.1, -0.05) is 18.2 Å². The number of hydrogen-bond donors (Lipinski definition) is 4. The van der Waals surface area contributed by atoms with E-state index in [1.807, 2.05) is 0 Å². The van der Waals surface area contributed by atoms with Crippen molar-refractivity contribution in [3.63, 3.8) is 0 Å². The minimum absolute atomic E-state index is 0.152. The number of rotatable bonds is 9. The zero-order chi connectivity index (χ0) is 30.3. The number of alkyl carbamates (subject to hydrolysis) is 1. The first-order chi connectivity index (χ1) is 20.0.